The highest BCUT2D eigenvalue weighted by molar-refractivity contribution is 9.11. The molecule has 0 unspecified atom stereocenters. The molecule has 0 aliphatic rings. The number of carbonyl (C=O) groups excluding carboxylic acids is 1. The number of ether oxygens (including phenoxy) is 2. The van der Waals surface area contributed by atoms with Crippen LogP contribution in [0.5, 0.6) is 11.5 Å². The third-order valence-corrected chi connectivity index (χ3v) is 4.34. The third kappa shape index (κ3) is 2.82. The minimum atomic E-state index is -0.0600. The van der Waals surface area contributed by atoms with Gasteiger partial charge in [-0.2, -0.15) is 0 Å². The number of benzene rings is 1. The standard InChI is InChI=1S/C14H13BrO3S/c1-8-10(7-13(15)19-8)14(16)11-6-9(17-2)4-5-12(11)18-3/h4-7H,1-3H3. The van der Waals surface area contributed by atoms with Crippen molar-refractivity contribution in [1.29, 1.82) is 0 Å². The van der Waals surface area contributed by atoms with Gasteiger partial charge in [-0.15, -0.1) is 11.3 Å². The van der Waals surface area contributed by atoms with Gasteiger partial charge in [-0.05, 0) is 47.1 Å². The molecule has 1 aromatic carbocycles. The Bertz CT molecular complexity index is 619. The third-order valence-electron chi connectivity index (χ3n) is 2.78. The molecule has 0 radical (unpaired) electrons. The summed E-state index contributed by atoms with van der Waals surface area (Å²) in [6, 6.07) is 7.04. The largest absolute Gasteiger partial charge is 0.497 e. The Balaban J connectivity index is 2.51. The Morgan fingerprint density at radius 2 is 1.89 bits per heavy atom. The fourth-order valence-corrected chi connectivity index (χ4v) is 3.50. The van der Waals surface area contributed by atoms with Gasteiger partial charge in [-0.25, -0.2) is 0 Å². The van der Waals surface area contributed by atoms with Crippen molar-refractivity contribution in [2.24, 2.45) is 0 Å². The van der Waals surface area contributed by atoms with Crippen LogP contribution in [-0.4, -0.2) is 20.0 Å². The van der Waals surface area contributed by atoms with E-state index in [9.17, 15) is 4.79 Å². The van der Waals surface area contributed by atoms with E-state index in [2.05, 4.69) is 15.9 Å². The molecule has 5 heteroatoms. The average Bonchev–Trinajstić information content (AvgIpc) is 2.76. The number of aryl methyl sites for hydroxylation is 1. The summed E-state index contributed by atoms with van der Waals surface area (Å²) in [5.74, 6) is 1.12. The maximum atomic E-state index is 12.6. The maximum absolute atomic E-state index is 12.6. The maximum Gasteiger partial charge on any atom is 0.198 e. The molecule has 0 N–H and O–H groups in total. The minimum Gasteiger partial charge on any atom is -0.497 e. The molecule has 0 atom stereocenters. The monoisotopic (exact) mass is 340 g/mol. The van der Waals surface area contributed by atoms with Crippen LogP contribution < -0.4 is 9.47 Å². The van der Waals surface area contributed by atoms with Gasteiger partial charge in [-0.3, -0.25) is 4.79 Å². The van der Waals surface area contributed by atoms with E-state index in [1.165, 1.54) is 11.3 Å². The predicted octanol–water partition coefficient (Wildman–Crippen LogP) is 4.07. The molecule has 0 saturated heterocycles. The first-order valence-corrected chi connectivity index (χ1v) is 7.20. The Kier molecular flexibility index (Phi) is 4.27. The lowest BCUT2D eigenvalue weighted by atomic mass is 10.0. The van der Waals surface area contributed by atoms with Crippen molar-refractivity contribution in [3.05, 3.63) is 44.1 Å². The SMILES string of the molecule is COc1ccc(OC)c(C(=O)c2cc(Br)sc2C)c1. The Morgan fingerprint density at radius 3 is 2.42 bits per heavy atom. The highest BCUT2D eigenvalue weighted by Crippen LogP contribution is 2.31. The summed E-state index contributed by atoms with van der Waals surface area (Å²) in [4.78, 5) is 13.6. The van der Waals surface area contributed by atoms with Crippen LogP contribution in [0.3, 0.4) is 0 Å². The number of halogens is 1. The van der Waals surface area contributed by atoms with Crippen LogP contribution in [0, 0.1) is 6.92 Å². The van der Waals surface area contributed by atoms with Crippen molar-refractivity contribution < 1.29 is 14.3 Å². The van der Waals surface area contributed by atoms with Crippen molar-refractivity contribution in [1.82, 2.24) is 0 Å². The molecule has 19 heavy (non-hydrogen) atoms. The molecular weight excluding hydrogens is 328 g/mol. The van der Waals surface area contributed by atoms with E-state index in [-0.39, 0.29) is 5.78 Å². The van der Waals surface area contributed by atoms with Crippen molar-refractivity contribution in [2.75, 3.05) is 14.2 Å². The van der Waals surface area contributed by atoms with Gasteiger partial charge < -0.3 is 9.47 Å². The number of hydrogen-bond acceptors (Lipinski definition) is 4. The van der Waals surface area contributed by atoms with E-state index in [0.717, 1.165) is 8.66 Å². The second-order valence-corrected chi connectivity index (χ2v) is 6.55. The highest BCUT2D eigenvalue weighted by Gasteiger charge is 2.19. The van der Waals surface area contributed by atoms with Crippen LogP contribution in [0.2, 0.25) is 0 Å². The molecule has 0 aliphatic heterocycles. The zero-order valence-corrected chi connectivity index (χ0v) is 13.2. The summed E-state index contributed by atoms with van der Waals surface area (Å²) in [6.07, 6.45) is 0. The number of rotatable bonds is 4. The van der Waals surface area contributed by atoms with Crippen molar-refractivity contribution in [3.8, 4) is 11.5 Å². The van der Waals surface area contributed by atoms with Gasteiger partial charge in [0, 0.05) is 10.4 Å². The van der Waals surface area contributed by atoms with Crippen LogP contribution in [0.1, 0.15) is 20.8 Å². The fourth-order valence-electron chi connectivity index (χ4n) is 1.81. The van der Waals surface area contributed by atoms with Crippen LogP contribution in [0.25, 0.3) is 0 Å². The predicted molar refractivity (Wildman–Crippen MR) is 79.7 cm³/mol. The normalized spacial score (nSPS) is 10.3. The van der Waals surface area contributed by atoms with Crippen LogP contribution in [0.15, 0.2) is 28.1 Å². The average molecular weight is 341 g/mol. The van der Waals surface area contributed by atoms with Crippen LogP contribution in [0.4, 0.5) is 0 Å². The van der Waals surface area contributed by atoms with Gasteiger partial charge in [0.05, 0.1) is 23.6 Å². The Morgan fingerprint density at radius 1 is 1.16 bits per heavy atom. The minimum absolute atomic E-state index is 0.0600. The molecule has 2 rings (SSSR count). The number of carbonyl (C=O) groups is 1. The summed E-state index contributed by atoms with van der Waals surface area (Å²) in [5.41, 5.74) is 1.19. The molecule has 0 spiro atoms. The molecule has 0 amide bonds. The van der Waals surface area contributed by atoms with Crippen molar-refractivity contribution in [2.45, 2.75) is 6.92 Å². The second kappa shape index (κ2) is 5.75. The van der Waals surface area contributed by atoms with Crippen molar-refractivity contribution >= 4 is 33.0 Å². The van der Waals surface area contributed by atoms with Crippen LogP contribution >= 0.6 is 27.3 Å². The quantitative estimate of drug-likeness (QED) is 0.787. The first-order chi connectivity index (χ1) is 9.06. The zero-order valence-electron chi connectivity index (χ0n) is 10.8. The number of thiophene rings is 1. The first-order valence-electron chi connectivity index (χ1n) is 5.59. The molecular formula is C14H13BrO3S. The lowest BCUT2D eigenvalue weighted by Crippen LogP contribution is -2.04. The Hall–Kier alpha value is -1.33. The lowest BCUT2D eigenvalue weighted by molar-refractivity contribution is 0.103. The van der Waals surface area contributed by atoms with Gasteiger partial charge in [0.25, 0.3) is 0 Å². The molecule has 0 bridgehead atoms. The molecule has 2 aromatic rings. The Labute approximate surface area is 124 Å². The fraction of sp³-hybridized carbons (Fsp3) is 0.214. The van der Waals surface area contributed by atoms with E-state index in [1.807, 2.05) is 13.0 Å². The van der Waals surface area contributed by atoms with Gasteiger partial charge in [0.15, 0.2) is 5.78 Å². The highest BCUT2D eigenvalue weighted by atomic mass is 79.9. The van der Waals surface area contributed by atoms with Crippen molar-refractivity contribution in [3.63, 3.8) is 0 Å². The molecule has 1 aromatic heterocycles. The summed E-state index contributed by atoms with van der Waals surface area (Å²) in [6.45, 7) is 1.93. The summed E-state index contributed by atoms with van der Waals surface area (Å²) >= 11 is 4.94. The van der Waals surface area contributed by atoms with Gasteiger partial charge in [-0.1, -0.05) is 0 Å². The first kappa shape index (κ1) is 14.1. The lowest BCUT2D eigenvalue weighted by Gasteiger charge is -2.09. The smallest absolute Gasteiger partial charge is 0.198 e. The molecule has 3 nitrogen and oxygen atoms in total. The summed E-state index contributed by atoms with van der Waals surface area (Å²) in [7, 11) is 3.12. The summed E-state index contributed by atoms with van der Waals surface area (Å²) in [5, 5.41) is 0. The van der Waals surface area contributed by atoms with E-state index >= 15 is 0 Å². The molecule has 100 valence electrons. The number of ketones is 1. The molecule has 0 aliphatic carbocycles. The molecule has 1 heterocycles. The second-order valence-electron chi connectivity index (χ2n) is 3.92. The molecule has 0 fully saturated rings. The number of methoxy groups -OCH3 is 2. The van der Waals surface area contributed by atoms with Gasteiger partial charge in [0.1, 0.15) is 11.5 Å². The van der Waals surface area contributed by atoms with E-state index in [0.29, 0.717) is 22.6 Å². The zero-order chi connectivity index (χ0) is 14.0. The van der Waals surface area contributed by atoms with E-state index in [1.54, 1.807) is 32.4 Å². The van der Waals surface area contributed by atoms with E-state index < -0.39 is 0 Å². The van der Waals surface area contributed by atoms with Gasteiger partial charge in [0.2, 0.25) is 0 Å². The topological polar surface area (TPSA) is 35.5 Å². The van der Waals surface area contributed by atoms with Gasteiger partial charge >= 0.3 is 0 Å². The number of hydrogen-bond donors (Lipinski definition) is 0. The molecule has 0 saturated carbocycles. The summed E-state index contributed by atoms with van der Waals surface area (Å²) < 4.78 is 11.4. The van der Waals surface area contributed by atoms with Crippen LogP contribution in [-0.2, 0) is 0 Å². The van der Waals surface area contributed by atoms with E-state index in [4.69, 9.17) is 9.47 Å².